The summed E-state index contributed by atoms with van der Waals surface area (Å²) < 4.78 is 12.1. The Labute approximate surface area is 104 Å². The first-order valence-corrected chi connectivity index (χ1v) is 6.38. The summed E-state index contributed by atoms with van der Waals surface area (Å²) in [5, 5.41) is 0. The van der Waals surface area contributed by atoms with E-state index in [1.807, 2.05) is 18.2 Å². The maximum Gasteiger partial charge on any atom is 0.184 e. The van der Waals surface area contributed by atoms with E-state index in [1.54, 1.807) is 0 Å². The highest BCUT2D eigenvalue weighted by molar-refractivity contribution is 5.17. The minimum absolute atomic E-state index is 0.115. The minimum Gasteiger partial charge on any atom is -0.342 e. The lowest BCUT2D eigenvalue weighted by Gasteiger charge is -2.28. The zero-order valence-electron chi connectivity index (χ0n) is 11.1. The van der Waals surface area contributed by atoms with Gasteiger partial charge in [0.05, 0.1) is 12.2 Å². The summed E-state index contributed by atoms with van der Waals surface area (Å²) >= 11 is 0. The smallest absolute Gasteiger partial charge is 0.184 e. The van der Waals surface area contributed by atoms with Crippen LogP contribution in [0.3, 0.4) is 0 Å². The van der Waals surface area contributed by atoms with Gasteiger partial charge in [0.15, 0.2) is 6.29 Å². The molecule has 1 saturated heterocycles. The molecule has 2 rings (SSSR count). The van der Waals surface area contributed by atoms with E-state index in [9.17, 15) is 0 Å². The summed E-state index contributed by atoms with van der Waals surface area (Å²) in [6.45, 7) is 8.77. The normalized spacial score (nSPS) is 29.5. The molecule has 1 aromatic rings. The number of benzene rings is 1. The highest BCUT2D eigenvalue weighted by Gasteiger charge is 2.42. The fourth-order valence-corrected chi connectivity index (χ4v) is 2.32. The maximum absolute atomic E-state index is 6.09. The largest absolute Gasteiger partial charge is 0.342 e. The van der Waals surface area contributed by atoms with Crippen LogP contribution in [0.15, 0.2) is 30.3 Å². The Morgan fingerprint density at radius 1 is 1.06 bits per heavy atom. The van der Waals surface area contributed by atoms with Gasteiger partial charge in [0.1, 0.15) is 0 Å². The summed E-state index contributed by atoms with van der Waals surface area (Å²) in [6.07, 6.45) is 1.15. The summed E-state index contributed by atoms with van der Waals surface area (Å²) in [6, 6.07) is 10.2. The Morgan fingerprint density at radius 3 is 2.18 bits per heavy atom. The van der Waals surface area contributed by atoms with E-state index < -0.39 is 0 Å². The molecular weight excluding hydrogens is 212 g/mol. The van der Waals surface area contributed by atoms with E-state index >= 15 is 0 Å². The van der Waals surface area contributed by atoms with Crippen LogP contribution in [-0.2, 0) is 9.47 Å². The van der Waals surface area contributed by atoms with Gasteiger partial charge in [-0.15, -0.1) is 0 Å². The van der Waals surface area contributed by atoms with Crippen molar-refractivity contribution in [2.75, 3.05) is 0 Å². The first kappa shape index (κ1) is 12.6. The highest BCUT2D eigenvalue weighted by atomic mass is 16.7. The summed E-state index contributed by atoms with van der Waals surface area (Å²) in [7, 11) is 0. The fourth-order valence-electron chi connectivity index (χ4n) is 2.32. The first-order valence-electron chi connectivity index (χ1n) is 6.38. The topological polar surface area (TPSA) is 18.5 Å². The van der Waals surface area contributed by atoms with Crippen molar-refractivity contribution in [3.05, 3.63) is 35.9 Å². The van der Waals surface area contributed by atoms with Gasteiger partial charge in [-0.05, 0) is 11.8 Å². The van der Waals surface area contributed by atoms with E-state index in [4.69, 9.17) is 9.47 Å². The molecule has 0 saturated carbocycles. The molecule has 0 amide bonds. The van der Waals surface area contributed by atoms with Crippen molar-refractivity contribution in [3.8, 4) is 0 Å². The third kappa shape index (κ3) is 2.70. The second-order valence-electron chi connectivity index (χ2n) is 5.75. The van der Waals surface area contributed by atoms with Crippen molar-refractivity contribution < 1.29 is 9.47 Å². The molecule has 0 aromatic heterocycles. The van der Waals surface area contributed by atoms with Gasteiger partial charge in [0, 0.05) is 5.56 Å². The predicted octanol–water partition coefficient (Wildman–Crippen LogP) is 3.93. The maximum atomic E-state index is 6.09. The third-order valence-electron chi connectivity index (χ3n) is 3.23. The second-order valence-corrected chi connectivity index (χ2v) is 5.75. The average molecular weight is 234 g/mol. The molecule has 1 aliphatic heterocycles. The number of hydrogen-bond acceptors (Lipinski definition) is 2. The van der Waals surface area contributed by atoms with Gasteiger partial charge in [-0.1, -0.05) is 58.0 Å². The Balaban J connectivity index is 2.15. The van der Waals surface area contributed by atoms with Crippen LogP contribution in [0.1, 0.15) is 46.0 Å². The van der Waals surface area contributed by atoms with E-state index in [1.165, 1.54) is 0 Å². The molecule has 0 N–H and O–H groups in total. The zero-order valence-corrected chi connectivity index (χ0v) is 11.1. The average Bonchev–Trinajstić information content (AvgIpc) is 2.74. The van der Waals surface area contributed by atoms with Crippen molar-refractivity contribution in [3.63, 3.8) is 0 Å². The molecule has 0 spiro atoms. The van der Waals surface area contributed by atoms with Gasteiger partial charge in [-0.2, -0.15) is 0 Å². The van der Waals surface area contributed by atoms with Crippen LogP contribution in [0.2, 0.25) is 0 Å². The first-order chi connectivity index (χ1) is 8.02. The van der Waals surface area contributed by atoms with E-state index in [0.717, 1.165) is 12.0 Å². The van der Waals surface area contributed by atoms with Crippen molar-refractivity contribution in [2.24, 2.45) is 5.41 Å². The van der Waals surface area contributed by atoms with Crippen LogP contribution in [0, 0.1) is 5.41 Å². The lowest BCUT2D eigenvalue weighted by Crippen LogP contribution is -2.34. The van der Waals surface area contributed by atoms with Gasteiger partial charge < -0.3 is 9.47 Å². The molecule has 0 radical (unpaired) electrons. The van der Waals surface area contributed by atoms with Crippen LogP contribution in [-0.4, -0.2) is 12.2 Å². The van der Waals surface area contributed by atoms with Gasteiger partial charge in [0.2, 0.25) is 0 Å². The molecule has 0 aliphatic carbocycles. The van der Waals surface area contributed by atoms with Gasteiger partial charge in [-0.3, -0.25) is 0 Å². The molecule has 1 aliphatic rings. The molecule has 17 heavy (non-hydrogen) atoms. The molecule has 2 nitrogen and oxygen atoms in total. The zero-order chi connectivity index (χ0) is 12.5. The summed E-state index contributed by atoms with van der Waals surface area (Å²) in [5.41, 5.74) is 1.22. The van der Waals surface area contributed by atoms with Crippen LogP contribution in [0.25, 0.3) is 0 Å². The number of rotatable bonds is 2. The Hall–Kier alpha value is -0.860. The van der Waals surface area contributed by atoms with Crippen LogP contribution < -0.4 is 0 Å². The molecular formula is C15H22O2. The summed E-state index contributed by atoms with van der Waals surface area (Å²) in [4.78, 5) is 0. The molecule has 1 fully saturated rings. The lowest BCUT2D eigenvalue weighted by atomic mass is 9.85. The van der Waals surface area contributed by atoms with Crippen molar-refractivity contribution >= 4 is 0 Å². The SMILES string of the molecule is CC[C@@H]1OC(c2ccccc2)O[C@H]1C(C)(C)C. The number of ether oxygens (including phenoxy) is 2. The summed E-state index contributed by atoms with van der Waals surface area (Å²) in [5.74, 6) is 0. The molecule has 3 atom stereocenters. The molecule has 94 valence electrons. The predicted molar refractivity (Wildman–Crippen MR) is 68.7 cm³/mol. The van der Waals surface area contributed by atoms with Crippen molar-refractivity contribution in [2.45, 2.75) is 52.6 Å². The van der Waals surface area contributed by atoms with Crippen LogP contribution in [0.4, 0.5) is 0 Å². The minimum atomic E-state index is -0.203. The third-order valence-corrected chi connectivity index (χ3v) is 3.23. The molecule has 0 bridgehead atoms. The lowest BCUT2D eigenvalue weighted by molar-refractivity contribution is -0.0816. The van der Waals surface area contributed by atoms with E-state index in [2.05, 4.69) is 39.8 Å². The molecule has 1 unspecified atom stereocenters. The highest BCUT2D eigenvalue weighted by Crippen LogP contribution is 2.40. The molecule has 1 heterocycles. The van der Waals surface area contributed by atoms with Gasteiger partial charge in [-0.25, -0.2) is 0 Å². The van der Waals surface area contributed by atoms with Gasteiger partial charge >= 0.3 is 0 Å². The molecule has 2 heteroatoms. The number of hydrogen-bond donors (Lipinski definition) is 0. The van der Waals surface area contributed by atoms with Crippen LogP contribution >= 0.6 is 0 Å². The second kappa shape index (κ2) is 4.79. The van der Waals surface area contributed by atoms with E-state index in [-0.39, 0.29) is 23.9 Å². The Kier molecular flexibility index (Phi) is 3.55. The standard InChI is InChI=1S/C15H22O2/c1-5-12-13(15(2,3)4)17-14(16-12)11-9-7-6-8-10-11/h6-10,12-14H,5H2,1-4H3/t12-,13+,14?/m0/s1. The molecule has 1 aromatic carbocycles. The monoisotopic (exact) mass is 234 g/mol. The van der Waals surface area contributed by atoms with Gasteiger partial charge in [0.25, 0.3) is 0 Å². The quantitative estimate of drug-likeness (QED) is 0.772. The Morgan fingerprint density at radius 2 is 1.71 bits per heavy atom. The van der Waals surface area contributed by atoms with Crippen molar-refractivity contribution in [1.29, 1.82) is 0 Å². The van der Waals surface area contributed by atoms with E-state index in [0.29, 0.717) is 0 Å². The fraction of sp³-hybridized carbons (Fsp3) is 0.600. The van der Waals surface area contributed by atoms with Crippen molar-refractivity contribution in [1.82, 2.24) is 0 Å². The Bertz CT molecular complexity index is 353. The van der Waals surface area contributed by atoms with Crippen LogP contribution in [0.5, 0.6) is 0 Å².